The highest BCUT2D eigenvalue weighted by molar-refractivity contribution is 5.98. The van der Waals surface area contributed by atoms with Crippen LogP contribution in [0.4, 0.5) is 23.2 Å². The van der Waals surface area contributed by atoms with Gasteiger partial charge in [-0.2, -0.15) is 17.6 Å². The van der Waals surface area contributed by atoms with Crippen molar-refractivity contribution in [2.24, 2.45) is 0 Å². The minimum atomic E-state index is -3.21. The molecule has 0 spiro atoms. The van der Waals surface area contributed by atoms with Crippen molar-refractivity contribution in [3.05, 3.63) is 59.7 Å². The second kappa shape index (κ2) is 11.6. The lowest BCUT2D eigenvalue weighted by molar-refractivity contribution is -0.121. The van der Waals surface area contributed by atoms with Gasteiger partial charge < -0.3 is 20.1 Å². The number of anilines is 1. The highest BCUT2D eigenvalue weighted by Gasteiger charge is 2.13. The van der Waals surface area contributed by atoms with Crippen molar-refractivity contribution in [2.45, 2.75) is 26.6 Å². The Morgan fingerprint density at radius 3 is 2.42 bits per heavy atom. The van der Waals surface area contributed by atoms with Gasteiger partial charge in [-0.15, -0.1) is 0 Å². The molecule has 0 unspecified atom stereocenters. The predicted octanol–water partition coefficient (Wildman–Crippen LogP) is 4.22. The fourth-order valence-electron chi connectivity index (χ4n) is 2.56. The number of hydrogen-bond donors (Lipinski definition) is 2. The molecule has 0 fully saturated rings. The van der Waals surface area contributed by atoms with Crippen LogP contribution < -0.4 is 20.1 Å². The van der Waals surface area contributed by atoms with Crippen LogP contribution in [0.5, 0.6) is 11.5 Å². The van der Waals surface area contributed by atoms with Gasteiger partial charge >= 0.3 is 13.2 Å². The van der Waals surface area contributed by atoms with Crippen molar-refractivity contribution in [1.29, 1.82) is 0 Å². The number of aryl methyl sites for hydroxylation is 1. The first-order valence-electron chi connectivity index (χ1n) is 9.15. The van der Waals surface area contributed by atoms with Crippen LogP contribution in [0.3, 0.4) is 0 Å². The number of para-hydroxylation sites is 1. The van der Waals surface area contributed by atoms with Crippen molar-refractivity contribution in [3.8, 4) is 11.5 Å². The standard InChI is InChI=1S/C21H20F4N2O4/c1-2-13-5-3-4-6-16(13)27-19(29)12-26-18(28)10-8-14-7-9-15(30-20(22)23)11-17(14)31-21(24)25/h3-11,20-21H,2,12H2,1H3,(H,26,28)(H,27,29)/b10-8+. The summed E-state index contributed by atoms with van der Waals surface area (Å²) < 4.78 is 58.2. The number of halogens is 4. The molecule has 0 radical (unpaired) electrons. The summed E-state index contributed by atoms with van der Waals surface area (Å²) in [4.78, 5) is 24.0. The molecule has 0 aliphatic rings. The van der Waals surface area contributed by atoms with E-state index in [0.29, 0.717) is 5.69 Å². The summed E-state index contributed by atoms with van der Waals surface area (Å²) in [6.45, 7) is -4.72. The first-order chi connectivity index (χ1) is 14.8. The second-order valence-electron chi connectivity index (χ2n) is 6.07. The molecule has 2 aromatic rings. The lowest BCUT2D eigenvalue weighted by Gasteiger charge is -2.11. The maximum Gasteiger partial charge on any atom is 0.387 e. The Hall–Kier alpha value is -3.56. The smallest absolute Gasteiger partial charge is 0.387 e. The van der Waals surface area contributed by atoms with Gasteiger partial charge in [0.25, 0.3) is 0 Å². The van der Waals surface area contributed by atoms with Crippen LogP contribution in [0.1, 0.15) is 18.1 Å². The molecule has 2 N–H and O–H groups in total. The van der Waals surface area contributed by atoms with Crippen LogP contribution in [0, 0.1) is 0 Å². The first kappa shape index (κ1) is 23.7. The van der Waals surface area contributed by atoms with Crippen LogP contribution in [0.25, 0.3) is 6.08 Å². The minimum Gasteiger partial charge on any atom is -0.435 e. The molecule has 0 saturated heterocycles. The normalized spacial score (nSPS) is 11.1. The van der Waals surface area contributed by atoms with Crippen molar-refractivity contribution in [1.82, 2.24) is 5.32 Å². The fraction of sp³-hybridized carbons (Fsp3) is 0.238. The number of carbonyl (C=O) groups excluding carboxylic acids is 2. The Labute approximate surface area is 175 Å². The van der Waals surface area contributed by atoms with Crippen molar-refractivity contribution in [3.63, 3.8) is 0 Å². The highest BCUT2D eigenvalue weighted by Crippen LogP contribution is 2.28. The Morgan fingerprint density at radius 1 is 1.03 bits per heavy atom. The van der Waals surface area contributed by atoms with E-state index >= 15 is 0 Å². The zero-order valence-electron chi connectivity index (χ0n) is 16.4. The molecule has 0 saturated carbocycles. The Bertz CT molecular complexity index is 935. The maximum atomic E-state index is 12.6. The lowest BCUT2D eigenvalue weighted by atomic mass is 10.1. The van der Waals surface area contributed by atoms with Gasteiger partial charge in [0, 0.05) is 23.4 Å². The molecule has 166 valence electrons. The van der Waals surface area contributed by atoms with Crippen LogP contribution in [-0.2, 0) is 16.0 Å². The van der Waals surface area contributed by atoms with E-state index in [1.54, 1.807) is 12.1 Å². The summed E-state index contributed by atoms with van der Waals surface area (Å²) in [6.07, 6.45) is 2.85. The summed E-state index contributed by atoms with van der Waals surface area (Å²) in [5, 5.41) is 5.04. The van der Waals surface area contributed by atoms with E-state index in [0.717, 1.165) is 36.3 Å². The molecule has 2 amide bonds. The van der Waals surface area contributed by atoms with Gasteiger partial charge in [0.15, 0.2) is 0 Å². The Balaban J connectivity index is 1.98. The van der Waals surface area contributed by atoms with Gasteiger partial charge in [-0.3, -0.25) is 9.59 Å². The summed E-state index contributed by atoms with van der Waals surface area (Å²) in [5.74, 6) is -1.95. The van der Waals surface area contributed by atoms with Gasteiger partial charge in [0.2, 0.25) is 11.8 Å². The Morgan fingerprint density at radius 2 is 1.74 bits per heavy atom. The molecule has 31 heavy (non-hydrogen) atoms. The zero-order valence-corrected chi connectivity index (χ0v) is 16.4. The number of rotatable bonds is 10. The van der Waals surface area contributed by atoms with Crippen LogP contribution in [-0.4, -0.2) is 31.6 Å². The van der Waals surface area contributed by atoms with E-state index in [4.69, 9.17) is 0 Å². The van der Waals surface area contributed by atoms with Gasteiger partial charge in [0.1, 0.15) is 11.5 Å². The van der Waals surface area contributed by atoms with E-state index in [1.165, 1.54) is 6.07 Å². The monoisotopic (exact) mass is 440 g/mol. The number of alkyl halides is 4. The van der Waals surface area contributed by atoms with Crippen molar-refractivity contribution in [2.75, 3.05) is 11.9 Å². The molecule has 0 atom stereocenters. The number of benzene rings is 2. The van der Waals surface area contributed by atoms with Crippen LogP contribution >= 0.6 is 0 Å². The van der Waals surface area contributed by atoms with Crippen LogP contribution in [0.15, 0.2) is 48.5 Å². The molecule has 6 nitrogen and oxygen atoms in total. The predicted molar refractivity (Wildman–Crippen MR) is 106 cm³/mol. The third kappa shape index (κ3) is 8.00. The second-order valence-corrected chi connectivity index (χ2v) is 6.07. The van der Waals surface area contributed by atoms with Gasteiger partial charge in [0.05, 0.1) is 6.54 Å². The highest BCUT2D eigenvalue weighted by atomic mass is 19.3. The third-order valence-electron chi connectivity index (χ3n) is 3.94. The largest absolute Gasteiger partial charge is 0.435 e. The molecular weight excluding hydrogens is 420 g/mol. The molecule has 0 aliphatic heterocycles. The Kier molecular flexibility index (Phi) is 8.86. The fourth-order valence-corrected chi connectivity index (χ4v) is 2.56. The van der Waals surface area contributed by atoms with E-state index in [2.05, 4.69) is 20.1 Å². The van der Waals surface area contributed by atoms with Crippen LogP contribution in [0.2, 0.25) is 0 Å². The van der Waals surface area contributed by atoms with Gasteiger partial charge in [-0.1, -0.05) is 25.1 Å². The van der Waals surface area contributed by atoms with Gasteiger partial charge in [-0.05, 0) is 36.3 Å². The zero-order chi connectivity index (χ0) is 22.8. The van der Waals surface area contributed by atoms with E-state index in [1.807, 2.05) is 19.1 Å². The number of hydrogen-bond acceptors (Lipinski definition) is 4. The number of carbonyl (C=O) groups is 2. The maximum absolute atomic E-state index is 12.6. The SMILES string of the molecule is CCc1ccccc1NC(=O)CNC(=O)/C=C/c1ccc(OC(F)F)cc1OC(F)F. The number of ether oxygens (including phenoxy) is 2. The third-order valence-corrected chi connectivity index (χ3v) is 3.94. The molecule has 0 aliphatic carbocycles. The number of amides is 2. The topological polar surface area (TPSA) is 76.7 Å². The average Bonchev–Trinajstić information content (AvgIpc) is 2.71. The lowest BCUT2D eigenvalue weighted by Crippen LogP contribution is -2.31. The molecule has 2 aromatic carbocycles. The molecule has 0 bridgehead atoms. The molecule has 0 heterocycles. The number of nitrogens with one attached hydrogen (secondary N) is 2. The van der Waals surface area contributed by atoms with E-state index in [-0.39, 0.29) is 17.9 Å². The first-order valence-corrected chi connectivity index (χ1v) is 9.15. The quantitative estimate of drug-likeness (QED) is 0.429. The molecular formula is C21H20F4N2O4. The average molecular weight is 440 g/mol. The summed E-state index contributed by atoms with van der Waals surface area (Å²) in [6, 6.07) is 10.4. The van der Waals surface area contributed by atoms with Crippen molar-refractivity contribution < 1.29 is 36.6 Å². The van der Waals surface area contributed by atoms with E-state index in [9.17, 15) is 27.2 Å². The summed E-state index contributed by atoms with van der Waals surface area (Å²) in [7, 11) is 0. The summed E-state index contributed by atoms with van der Waals surface area (Å²) in [5.41, 5.74) is 1.60. The minimum absolute atomic E-state index is 0.0263. The van der Waals surface area contributed by atoms with Gasteiger partial charge in [-0.25, -0.2) is 0 Å². The van der Waals surface area contributed by atoms with Crippen molar-refractivity contribution >= 4 is 23.6 Å². The van der Waals surface area contributed by atoms with E-state index < -0.39 is 30.8 Å². The summed E-state index contributed by atoms with van der Waals surface area (Å²) >= 11 is 0. The molecule has 0 aromatic heterocycles. The molecule has 2 rings (SSSR count). The molecule has 10 heteroatoms.